The Morgan fingerprint density at radius 2 is 1.93 bits per heavy atom. The third-order valence-corrected chi connectivity index (χ3v) is 5.04. The number of aromatic amines is 1. The minimum Gasteiger partial charge on any atom is -0.491 e. The number of benzene rings is 2. The number of fused-ring (bicyclic) bond motifs is 1. The maximum Gasteiger partial charge on any atom is 0.248 e. The Bertz CT molecular complexity index is 985. The van der Waals surface area contributed by atoms with E-state index >= 15 is 0 Å². The fourth-order valence-electron chi connectivity index (χ4n) is 2.66. The van der Waals surface area contributed by atoms with Crippen LogP contribution in [0.25, 0.3) is 10.9 Å². The lowest BCUT2D eigenvalue weighted by atomic mass is 10.2. The van der Waals surface area contributed by atoms with Crippen molar-refractivity contribution in [3.05, 3.63) is 70.5 Å². The molecule has 7 heteroatoms. The highest BCUT2D eigenvalue weighted by Crippen LogP contribution is 2.18. The van der Waals surface area contributed by atoms with Crippen molar-refractivity contribution < 1.29 is 14.1 Å². The van der Waals surface area contributed by atoms with Crippen LogP contribution in [-0.2, 0) is 17.3 Å². The van der Waals surface area contributed by atoms with E-state index in [1.165, 1.54) is 6.07 Å². The van der Waals surface area contributed by atoms with Gasteiger partial charge in [0, 0.05) is 52.0 Å². The Balaban J connectivity index is 1.45. The van der Waals surface area contributed by atoms with Crippen LogP contribution in [0.4, 0.5) is 0 Å². The van der Waals surface area contributed by atoms with Crippen molar-refractivity contribution in [3.8, 4) is 5.75 Å². The van der Waals surface area contributed by atoms with Crippen LogP contribution in [-0.4, -0.2) is 39.8 Å². The molecule has 3 rings (SSSR count). The number of rotatable bonds is 8. The van der Waals surface area contributed by atoms with E-state index in [1.54, 1.807) is 24.5 Å². The van der Waals surface area contributed by atoms with Crippen LogP contribution < -0.4 is 15.6 Å². The van der Waals surface area contributed by atoms with E-state index in [1.807, 2.05) is 30.3 Å². The number of nitrogens with one attached hydrogen (secondary N) is 2. The van der Waals surface area contributed by atoms with Crippen molar-refractivity contribution in [2.45, 2.75) is 17.5 Å². The zero-order valence-corrected chi connectivity index (χ0v) is 15.8. The summed E-state index contributed by atoms with van der Waals surface area (Å²) < 4.78 is 17.0. The van der Waals surface area contributed by atoms with Gasteiger partial charge in [0.05, 0.1) is 0 Å². The molecule has 2 atom stereocenters. The number of aliphatic hydroxyl groups is 1. The molecule has 0 amide bonds. The molecule has 0 bridgehead atoms. The van der Waals surface area contributed by atoms with E-state index < -0.39 is 16.9 Å². The molecule has 0 aliphatic rings. The van der Waals surface area contributed by atoms with Crippen LogP contribution in [0.1, 0.15) is 5.56 Å². The largest absolute Gasteiger partial charge is 0.491 e. The molecule has 0 saturated heterocycles. The van der Waals surface area contributed by atoms with Crippen molar-refractivity contribution in [2.75, 3.05) is 19.4 Å². The lowest BCUT2D eigenvalue weighted by molar-refractivity contribution is 0.106. The van der Waals surface area contributed by atoms with Crippen molar-refractivity contribution in [1.82, 2.24) is 10.3 Å². The fourth-order valence-corrected chi connectivity index (χ4v) is 3.17. The first-order valence-electron chi connectivity index (χ1n) is 8.58. The van der Waals surface area contributed by atoms with Crippen molar-refractivity contribution in [1.29, 1.82) is 0 Å². The first kappa shape index (κ1) is 19.3. The highest BCUT2D eigenvalue weighted by Gasteiger charge is 2.06. The number of ether oxygens (including phenoxy) is 1. The van der Waals surface area contributed by atoms with E-state index in [4.69, 9.17) is 4.74 Å². The molecule has 1 heterocycles. The van der Waals surface area contributed by atoms with Crippen molar-refractivity contribution >= 4 is 21.7 Å². The summed E-state index contributed by atoms with van der Waals surface area (Å²) in [5.41, 5.74) is 1.66. The summed E-state index contributed by atoms with van der Waals surface area (Å²) in [5.74, 6) is 0.636. The maximum absolute atomic E-state index is 11.4. The molecule has 3 N–H and O–H groups in total. The van der Waals surface area contributed by atoms with Gasteiger partial charge in [0.15, 0.2) is 0 Å². The molecular formula is C20H22N2O4S. The summed E-state index contributed by atoms with van der Waals surface area (Å²) in [7, 11) is -0.976. The molecule has 3 aromatic rings. The first-order chi connectivity index (χ1) is 13.0. The van der Waals surface area contributed by atoms with Gasteiger partial charge in [-0.05, 0) is 42.0 Å². The lowest BCUT2D eigenvalue weighted by Gasteiger charge is -2.14. The third kappa shape index (κ3) is 5.50. The van der Waals surface area contributed by atoms with E-state index in [-0.39, 0.29) is 12.2 Å². The smallest absolute Gasteiger partial charge is 0.248 e. The third-order valence-electron chi connectivity index (χ3n) is 4.10. The van der Waals surface area contributed by atoms with Crippen LogP contribution in [0.3, 0.4) is 0 Å². The Morgan fingerprint density at radius 1 is 1.15 bits per heavy atom. The fraction of sp³-hybridized carbons (Fsp3) is 0.250. The summed E-state index contributed by atoms with van der Waals surface area (Å²) >= 11 is 0. The van der Waals surface area contributed by atoms with Gasteiger partial charge < -0.3 is 20.1 Å². The molecule has 0 aliphatic heterocycles. The van der Waals surface area contributed by atoms with Gasteiger partial charge in [-0.2, -0.15) is 0 Å². The zero-order chi connectivity index (χ0) is 19.2. The van der Waals surface area contributed by atoms with Gasteiger partial charge in [0.2, 0.25) is 5.56 Å². The average molecular weight is 386 g/mol. The summed E-state index contributed by atoms with van der Waals surface area (Å²) in [5, 5.41) is 14.1. The molecule has 2 unspecified atom stereocenters. The predicted octanol–water partition coefficient (Wildman–Crippen LogP) is 1.79. The number of pyridine rings is 1. The van der Waals surface area contributed by atoms with Crippen LogP contribution in [0, 0.1) is 0 Å². The van der Waals surface area contributed by atoms with Crippen molar-refractivity contribution in [2.24, 2.45) is 0 Å². The monoisotopic (exact) mass is 386 g/mol. The summed E-state index contributed by atoms with van der Waals surface area (Å²) in [6, 6.07) is 16.1. The minimum absolute atomic E-state index is 0.143. The van der Waals surface area contributed by atoms with Crippen LogP contribution in [0.2, 0.25) is 0 Å². The molecule has 2 aromatic carbocycles. The molecule has 0 radical (unpaired) electrons. The molecule has 0 saturated carbocycles. The number of H-pyrrole nitrogens is 1. The SMILES string of the molecule is CS(=O)c1ccc(CNCC(O)COc2ccc3[nH]c(=O)ccc3c2)cc1. The molecule has 1 aromatic heterocycles. The molecule has 27 heavy (non-hydrogen) atoms. The number of aromatic nitrogens is 1. The molecule has 0 fully saturated rings. The second kappa shape index (κ2) is 8.94. The van der Waals surface area contributed by atoms with Gasteiger partial charge in [-0.1, -0.05) is 12.1 Å². The van der Waals surface area contributed by atoms with E-state index in [2.05, 4.69) is 10.3 Å². The summed E-state index contributed by atoms with van der Waals surface area (Å²) in [4.78, 5) is 14.8. The Hall–Kier alpha value is -2.48. The van der Waals surface area contributed by atoms with E-state index in [9.17, 15) is 14.1 Å². The van der Waals surface area contributed by atoms with E-state index in [0.29, 0.717) is 18.8 Å². The molecule has 0 spiro atoms. The van der Waals surface area contributed by atoms with Gasteiger partial charge in [-0.15, -0.1) is 0 Å². The molecule has 0 aliphatic carbocycles. The Morgan fingerprint density at radius 3 is 2.67 bits per heavy atom. The lowest BCUT2D eigenvalue weighted by Crippen LogP contribution is -2.31. The van der Waals surface area contributed by atoms with Gasteiger partial charge in [-0.3, -0.25) is 9.00 Å². The molecule has 6 nitrogen and oxygen atoms in total. The normalized spacial score (nSPS) is 13.4. The molecule has 142 valence electrons. The second-order valence-electron chi connectivity index (χ2n) is 6.27. The maximum atomic E-state index is 11.4. The number of aliphatic hydroxyl groups excluding tert-OH is 1. The zero-order valence-electron chi connectivity index (χ0n) is 15.0. The average Bonchev–Trinajstić information content (AvgIpc) is 2.66. The second-order valence-corrected chi connectivity index (χ2v) is 7.65. The highest BCUT2D eigenvalue weighted by atomic mass is 32.2. The van der Waals surface area contributed by atoms with Gasteiger partial charge in [0.1, 0.15) is 18.5 Å². The Labute approximate surface area is 159 Å². The number of hydrogen-bond acceptors (Lipinski definition) is 5. The van der Waals surface area contributed by atoms with Gasteiger partial charge in [0.25, 0.3) is 0 Å². The molecular weight excluding hydrogens is 364 g/mol. The first-order valence-corrected chi connectivity index (χ1v) is 10.1. The minimum atomic E-state index is -0.976. The summed E-state index contributed by atoms with van der Waals surface area (Å²) in [6.07, 6.45) is 0.997. The quantitative estimate of drug-likeness (QED) is 0.549. The highest BCUT2D eigenvalue weighted by molar-refractivity contribution is 7.84. The van der Waals surface area contributed by atoms with E-state index in [0.717, 1.165) is 21.4 Å². The topological polar surface area (TPSA) is 91.4 Å². The van der Waals surface area contributed by atoms with Crippen LogP contribution >= 0.6 is 0 Å². The van der Waals surface area contributed by atoms with Gasteiger partial charge >= 0.3 is 0 Å². The summed E-state index contributed by atoms with van der Waals surface area (Å²) in [6.45, 7) is 1.16. The number of hydrogen-bond donors (Lipinski definition) is 3. The predicted molar refractivity (Wildman–Crippen MR) is 107 cm³/mol. The van der Waals surface area contributed by atoms with Crippen molar-refractivity contribution in [3.63, 3.8) is 0 Å². The standard InChI is InChI=1S/C20H22N2O4S/c1-27(25)18-6-2-14(3-7-18)11-21-12-16(23)13-26-17-5-8-19-15(10-17)4-9-20(24)22-19/h2-10,16,21,23H,11-13H2,1H3,(H,22,24). The Kier molecular flexibility index (Phi) is 6.39. The van der Waals surface area contributed by atoms with Crippen LogP contribution in [0.5, 0.6) is 5.75 Å². The van der Waals surface area contributed by atoms with Gasteiger partial charge in [-0.25, -0.2) is 0 Å². The van der Waals surface area contributed by atoms with Crippen LogP contribution in [0.15, 0.2) is 64.3 Å².